The Morgan fingerprint density at radius 3 is 1.64 bits per heavy atom. The Labute approximate surface area is 215 Å². The van der Waals surface area contributed by atoms with Crippen LogP contribution in [0, 0.1) is 20.8 Å². The van der Waals surface area contributed by atoms with Crippen molar-refractivity contribution < 1.29 is 0 Å². The molecule has 0 radical (unpaired) electrons. The highest BCUT2D eigenvalue weighted by Gasteiger charge is 2.15. The first-order valence-corrected chi connectivity index (χ1v) is 12.5. The van der Waals surface area contributed by atoms with E-state index in [-0.39, 0.29) is 0 Å². The number of aryl methyl sites for hydroxylation is 3. The molecule has 0 fully saturated rings. The van der Waals surface area contributed by atoms with Crippen LogP contribution < -0.4 is 4.90 Å². The number of hydrogen-bond acceptors (Lipinski definition) is 1. The minimum atomic E-state index is 1.14. The van der Waals surface area contributed by atoms with E-state index in [0.29, 0.717) is 0 Å². The van der Waals surface area contributed by atoms with E-state index in [1.54, 1.807) is 0 Å². The first-order valence-electron chi connectivity index (χ1n) is 12.5. The molecular weight excluding hydrogens is 434 g/mol. The molecule has 0 aliphatic carbocycles. The van der Waals surface area contributed by atoms with Gasteiger partial charge in [-0.2, -0.15) is 0 Å². The van der Waals surface area contributed by atoms with Gasteiger partial charge in [0, 0.05) is 17.1 Å². The normalized spacial score (nSPS) is 10.6. The molecule has 0 saturated carbocycles. The van der Waals surface area contributed by atoms with Crippen LogP contribution in [0.5, 0.6) is 0 Å². The van der Waals surface area contributed by atoms with Crippen LogP contribution in [0.2, 0.25) is 0 Å². The third-order valence-corrected chi connectivity index (χ3v) is 6.74. The van der Waals surface area contributed by atoms with Crippen LogP contribution in [0.4, 0.5) is 17.1 Å². The van der Waals surface area contributed by atoms with Crippen LogP contribution in [-0.2, 0) is 0 Å². The van der Waals surface area contributed by atoms with E-state index in [1.807, 2.05) is 0 Å². The molecule has 0 N–H and O–H groups in total. The molecule has 36 heavy (non-hydrogen) atoms. The number of para-hydroxylation sites is 1. The molecule has 5 rings (SSSR count). The van der Waals surface area contributed by atoms with Gasteiger partial charge in [0.15, 0.2) is 0 Å². The molecule has 0 heterocycles. The van der Waals surface area contributed by atoms with Crippen LogP contribution in [0.3, 0.4) is 0 Å². The van der Waals surface area contributed by atoms with Crippen LogP contribution in [0.15, 0.2) is 127 Å². The second-order valence-corrected chi connectivity index (χ2v) is 9.27. The molecule has 0 aromatic heterocycles. The molecule has 0 aliphatic rings. The van der Waals surface area contributed by atoms with Gasteiger partial charge >= 0.3 is 0 Å². The third kappa shape index (κ3) is 5.01. The van der Waals surface area contributed by atoms with Gasteiger partial charge in [0.05, 0.1) is 0 Å². The summed E-state index contributed by atoms with van der Waals surface area (Å²) >= 11 is 0. The molecule has 0 bridgehead atoms. The highest BCUT2D eigenvalue weighted by molar-refractivity contribution is 5.91. The summed E-state index contributed by atoms with van der Waals surface area (Å²) in [6.45, 7) is 6.51. The second-order valence-electron chi connectivity index (χ2n) is 9.27. The lowest BCUT2D eigenvalue weighted by Gasteiger charge is -2.27. The zero-order valence-electron chi connectivity index (χ0n) is 21.1. The van der Waals surface area contributed by atoms with Crippen molar-refractivity contribution in [1.29, 1.82) is 0 Å². The van der Waals surface area contributed by atoms with Gasteiger partial charge in [-0.1, -0.05) is 97.1 Å². The lowest BCUT2D eigenvalue weighted by Crippen LogP contribution is -2.11. The molecule has 0 unspecified atom stereocenters. The highest BCUT2D eigenvalue weighted by Crippen LogP contribution is 2.37. The Kier molecular flexibility index (Phi) is 6.82. The summed E-state index contributed by atoms with van der Waals surface area (Å²) in [5, 5.41) is 0. The van der Waals surface area contributed by atoms with Crippen molar-refractivity contribution in [2.75, 3.05) is 4.90 Å². The van der Waals surface area contributed by atoms with Gasteiger partial charge in [-0.3, -0.25) is 0 Å². The molecule has 1 nitrogen and oxygen atoms in total. The number of hydrogen-bond donors (Lipinski definition) is 0. The first kappa shape index (κ1) is 23.4. The zero-order valence-corrected chi connectivity index (χ0v) is 21.1. The van der Waals surface area contributed by atoms with Crippen LogP contribution in [0.25, 0.3) is 11.6 Å². The fourth-order valence-electron chi connectivity index (χ4n) is 4.56. The monoisotopic (exact) mass is 465 g/mol. The van der Waals surface area contributed by atoms with Gasteiger partial charge < -0.3 is 4.90 Å². The number of nitrogens with zero attached hydrogens (tertiary/aromatic N) is 1. The predicted octanol–water partition coefficient (Wildman–Crippen LogP) is 9.67. The molecule has 0 amide bonds. The maximum absolute atomic E-state index is 2.35. The van der Waals surface area contributed by atoms with E-state index in [2.05, 4.69) is 159 Å². The van der Waals surface area contributed by atoms with E-state index in [1.165, 1.54) is 50.3 Å². The maximum Gasteiger partial charge on any atom is 0.0490 e. The van der Waals surface area contributed by atoms with E-state index in [0.717, 1.165) is 5.69 Å². The molecule has 5 aromatic carbocycles. The summed E-state index contributed by atoms with van der Waals surface area (Å²) in [4.78, 5) is 2.35. The van der Waals surface area contributed by atoms with Gasteiger partial charge in [0.1, 0.15) is 0 Å². The van der Waals surface area contributed by atoms with Crippen molar-refractivity contribution in [3.8, 4) is 0 Å². The van der Waals surface area contributed by atoms with Crippen LogP contribution in [-0.4, -0.2) is 0 Å². The quantitative estimate of drug-likeness (QED) is 0.226. The van der Waals surface area contributed by atoms with Gasteiger partial charge in [0.25, 0.3) is 0 Å². The van der Waals surface area contributed by atoms with Crippen molar-refractivity contribution in [3.63, 3.8) is 0 Å². The third-order valence-electron chi connectivity index (χ3n) is 6.74. The van der Waals surface area contributed by atoms with E-state index >= 15 is 0 Å². The average Bonchev–Trinajstić information content (AvgIpc) is 2.92. The first-order chi connectivity index (χ1) is 17.6. The maximum atomic E-state index is 2.35. The Morgan fingerprint density at radius 2 is 1.06 bits per heavy atom. The summed E-state index contributed by atoms with van der Waals surface area (Å²) in [7, 11) is 0. The Balaban J connectivity index is 1.58. The van der Waals surface area contributed by atoms with Gasteiger partial charge in [0.2, 0.25) is 0 Å². The Hall–Kier alpha value is -4.36. The number of rotatable bonds is 6. The van der Waals surface area contributed by atoms with Gasteiger partial charge in [-0.15, -0.1) is 0 Å². The molecule has 0 atom stereocenters. The van der Waals surface area contributed by atoms with E-state index < -0.39 is 0 Å². The minimum Gasteiger partial charge on any atom is -0.310 e. The molecule has 0 spiro atoms. The summed E-state index contributed by atoms with van der Waals surface area (Å²) < 4.78 is 0. The van der Waals surface area contributed by atoms with E-state index in [4.69, 9.17) is 0 Å². The summed E-state index contributed by atoms with van der Waals surface area (Å²) in [6.07, 6.45) is 2.28. The Bertz CT molecular complexity index is 1440. The Morgan fingerprint density at radius 1 is 0.500 bits per heavy atom. The standard InChI is InChI=1S/C35H31N/c1-26-18-21-33(24-28(26)3)36(35-17-11-10-12-27(35)2)32-22-19-29(20-23-32)25-34(30-13-6-4-7-14-30)31-15-8-5-9-16-31/h4-25H,1-3H3. The zero-order chi connectivity index (χ0) is 24.9. The number of anilines is 3. The number of benzene rings is 5. The summed E-state index contributed by atoms with van der Waals surface area (Å²) in [5.74, 6) is 0. The molecular formula is C35H31N. The summed E-state index contributed by atoms with van der Waals surface area (Å²) in [6, 6.07) is 45.4. The lowest BCUT2D eigenvalue weighted by molar-refractivity contribution is 1.23. The SMILES string of the molecule is Cc1ccc(N(c2ccc(C=C(c3ccccc3)c3ccccc3)cc2)c2ccccc2C)cc1C. The van der Waals surface area contributed by atoms with Crippen molar-refractivity contribution >= 4 is 28.7 Å². The van der Waals surface area contributed by atoms with Gasteiger partial charge in [-0.05, 0) is 96.1 Å². The van der Waals surface area contributed by atoms with Crippen molar-refractivity contribution in [3.05, 3.63) is 161 Å². The van der Waals surface area contributed by atoms with Crippen molar-refractivity contribution in [2.24, 2.45) is 0 Å². The van der Waals surface area contributed by atoms with Gasteiger partial charge in [-0.25, -0.2) is 0 Å². The molecule has 176 valence electrons. The van der Waals surface area contributed by atoms with Crippen molar-refractivity contribution in [2.45, 2.75) is 20.8 Å². The fourth-order valence-corrected chi connectivity index (χ4v) is 4.56. The summed E-state index contributed by atoms with van der Waals surface area (Å²) in [5.41, 5.74) is 12.2. The minimum absolute atomic E-state index is 1.14. The lowest BCUT2D eigenvalue weighted by atomic mass is 9.95. The topological polar surface area (TPSA) is 3.24 Å². The predicted molar refractivity (Wildman–Crippen MR) is 155 cm³/mol. The average molecular weight is 466 g/mol. The molecule has 1 heteroatoms. The van der Waals surface area contributed by atoms with Crippen LogP contribution >= 0.6 is 0 Å². The van der Waals surface area contributed by atoms with E-state index in [9.17, 15) is 0 Å². The molecule has 5 aromatic rings. The smallest absolute Gasteiger partial charge is 0.0490 e. The second kappa shape index (κ2) is 10.5. The van der Waals surface area contributed by atoms with Crippen molar-refractivity contribution in [1.82, 2.24) is 0 Å². The highest BCUT2D eigenvalue weighted by atomic mass is 15.1. The molecule has 0 saturated heterocycles. The van der Waals surface area contributed by atoms with Crippen LogP contribution in [0.1, 0.15) is 33.4 Å². The largest absolute Gasteiger partial charge is 0.310 e. The molecule has 0 aliphatic heterocycles. The fraction of sp³-hybridized carbons (Fsp3) is 0.0857.